The summed E-state index contributed by atoms with van der Waals surface area (Å²) in [6.07, 6.45) is 4.82. The molecule has 3 heteroatoms. The molecule has 2 fully saturated rings. The van der Waals surface area contributed by atoms with Gasteiger partial charge in [-0.05, 0) is 31.1 Å². The Bertz CT molecular complexity index is 224. The van der Waals surface area contributed by atoms with Crippen molar-refractivity contribution in [3.63, 3.8) is 0 Å². The molecule has 1 aliphatic heterocycles. The Morgan fingerprint density at radius 1 is 1.38 bits per heavy atom. The topological polar surface area (TPSA) is 44.5 Å². The van der Waals surface area contributed by atoms with E-state index in [2.05, 4.69) is 13.8 Å². The van der Waals surface area contributed by atoms with Gasteiger partial charge in [0, 0.05) is 18.6 Å². The van der Waals surface area contributed by atoms with E-state index in [9.17, 15) is 0 Å². The van der Waals surface area contributed by atoms with Gasteiger partial charge in [-0.1, -0.05) is 13.8 Å². The molecule has 2 N–H and O–H groups in total. The first-order valence-corrected chi connectivity index (χ1v) is 6.52. The van der Waals surface area contributed by atoms with Crippen LogP contribution in [0.1, 0.15) is 39.5 Å². The summed E-state index contributed by atoms with van der Waals surface area (Å²) in [7, 11) is 0. The third kappa shape index (κ3) is 3.19. The minimum atomic E-state index is 0.232. The van der Waals surface area contributed by atoms with Crippen molar-refractivity contribution in [3.05, 3.63) is 0 Å². The molecule has 16 heavy (non-hydrogen) atoms. The minimum absolute atomic E-state index is 0.232. The maximum absolute atomic E-state index is 6.13. The van der Waals surface area contributed by atoms with E-state index in [-0.39, 0.29) is 12.1 Å². The van der Waals surface area contributed by atoms with E-state index < -0.39 is 0 Å². The van der Waals surface area contributed by atoms with Gasteiger partial charge in [0.1, 0.15) is 0 Å². The summed E-state index contributed by atoms with van der Waals surface area (Å²) in [6, 6.07) is 0.232. The van der Waals surface area contributed by atoms with Crippen molar-refractivity contribution in [2.24, 2.45) is 17.1 Å². The number of nitrogens with two attached hydrogens (primary N) is 1. The van der Waals surface area contributed by atoms with Gasteiger partial charge in [0.2, 0.25) is 0 Å². The predicted molar refractivity (Wildman–Crippen MR) is 64.3 cm³/mol. The third-order valence-electron chi connectivity index (χ3n) is 3.96. The summed E-state index contributed by atoms with van der Waals surface area (Å²) >= 11 is 0. The molecule has 0 bridgehead atoms. The maximum Gasteiger partial charge on any atom is 0.0731 e. The zero-order chi connectivity index (χ0) is 11.6. The van der Waals surface area contributed by atoms with E-state index in [4.69, 9.17) is 15.2 Å². The summed E-state index contributed by atoms with van der Waals surface area (Å²) in [5.74, 6) is 0.595. The average Bonchev–Trinajstić information content (AvgIpc) is 2.72. The molecule has 0 radical (unpaired) electrons. The number of rotatable bonds is 3. The molecule has 94 valence electrons. The molecule has 2 rings (SSSR count). The van der Waals surface area contributed by atoms with Crippen molar-refractivity contribution in [1.29, 1.82) is 0 Å². The van der Waals surface area contributed by atoms with E-state index in [1.54, 1.807) is 0 Å². The van der Waals surface area contributed by atoms with Crippen LogP contribution in [0, 0.1) is 11.3 Å². The first kappa shape index (κ1) is 12.3. The van der Waals surface area contributed by atoms with Crippen molar-refractivity contribution in [2.45, 2.75) is 51.7 Å². The third-order valence-corrected chi connectivity index (χ3v) is 3.96. The van der Waals surface area contributed by atoms with Crippen LogP contribution in [-0.2, 0) is 9.47 Å². The molecule has 1 saturated carbocycles. The van der Waals surface area contributed by atoms with E-state index in [1.165, 1.54) is 6.42 Å². The van der Waals surface area contributed by atoms with Crippen LogP contribution in [0.25, 0.3) is 0 Å². The maximum atomic E-state index is 6.13. The lowest BCUT2D eigenvalue weighted by Crippen LogP contribution is -2.45. The molecule has 1 heterocycles. The summed E-state index contributed by atoms with van der Waals surface area (Å²) in [4.78, 5) is 0. The van der Waals surface area contributed by atoms with Gasteiger partial charge in [0.05, 0.1) is 19.3 Å². The Labute approximate surface area is 98.7 Å². The van der Waals surface area contributed by atoms with Crippen LogP contribution in [-0.4, -0.2) is 32.0 Å². The Morgan fingerprint density at radius 2 is 2.19 bits per heavy atom. The van der Waals surface area contributed by atoms with Gasteiger partial charge in [-0.25, -0.2) is 0 Å². The molecule has 1 saturated heterocycles. The van der Waals surface area contributed by atoms with Crippen LogP contribution in [0.15, 0.2) is 0 Å². The van der Waals surface area contributed by atoms with Crippen molar-refractivity contribution in [2.75, 3.05) is 19.8 Å². The van der Waals surface area contributed by atoms with Gasteiger partial charge in [0.15, 0.2) is 0 Å². The highest BCUT2D eigenvalue weighted by molar-refractivity contribution is 4.88. The fraction of sp³-hybridized carbons (Fsp3) is 1.00. The predicted octanol–water partition coefficient (Wildman–Crippen LogP) is 1.95. The molecular weight excluding hydrogens is 202 g/mol. The van der Waals surface area contributed by atoms with Gasteiger partial charge in [-0.3, -0.25) is 0 Å². The normalized spacial score (nSPS) is 38.8. The highest BCUT2D eigenvalue weighted by atomic mass is 16.5. The van der Waals surface area contributed by atoms with Crippen LogP contribution in [0.4, 0.5) is 0 Å². The van der Waals surface area contributed by atoms with E-state index in [1.807, 2.05) is 0 Å². The largest absolute Gasteiger partial charge is 0.381 e. The summed E-state index contributed by atoms with van der Waals surface area (Å²) in [5.41, 5.74) is 6.52. The zero-order valence-corrected chi connectivity index (χ0v) is 10.6. The zero-order valence-electron chi connectivity index (χ0n) is 10.6. The monoisotopic (exact) mass is 227 g/mol. The average molecular weight is 227 g/mol. The van der Waals surface area contributed by atoms with Crippen molar-refractivity contribution in [1.82, 2.24) is 0 Å². The molecule has 0 amide bonds. The van der Waals surface area contributed by atoms with Gasteiger partial charge in [-0.2, -0.15) is 0 Å². The van der Waals surface area contributed by atoms with E-state index in [0.717, 1.165) is 39.1 Å². The SMILES string of the molecule is CC1(C)CCC(N)C(OCC2CCOC2)C1. The first-order valence-electron chi connectivity index (χ1n) is 6.52. The number of ether oxygens (including phenoxy) is 2. The molecule has 3 atom stereocenters. The summed E-state index contributed by atoms with van der Waals surface area (Å²) in [6.45, 7) is 7.22. The highest BCUT2D eigenvalue weighted by Gasteiger charge is 2.34. The van der Waals surface area contributed by atoms with E-state index in [0.29, 0.717) is 11.3 Å². The molecular formula is C13H25NO2. The molecule has 2 aliphatic rings. The van der Waals surface area contributed by atoms with Gasteiger partial charge in [0.25, 0.3) is 0 Å². The molecule has 0 aromatic rings. The van der Waals surface area contributed by atoms with Gasteiger partial charge >= 0.3 is 0 Å². The van der Waals surface area contributed by atoms with Crippen LogP contribution in [0.5, 0.6) is 0 Å². The van der Waals surface area contributed by atoms with Gasteiger partial charge < -0.3 is 15.2 Å². The Morgan fingerprint density at radius 3 is 2.88 bits per heavy atom. The fourth-order valence-corrected chi connectivity index (χ4v) is 2.70. The van der Waals surface area contributed by atoms with Crippen LogP contribution >= 0.6 is 0 Å². The van der Waals surface area contributed by atoms with Crippen LogP contribution in [0.2, 0.25) is 0 Å². The fourth-order valence-electron chi connectivity index (χ4n) is 2.70. The van der Waals surface area contributed by atoms with Crippen molar-refractivity contribution in [3.8, 4) is 0 Å². The molecule has 0 spiro atoms. The number of hydrogen-bond donors (Lipinski definition) is 1. The lowest BCUT2D eigenvalue weighted by atomic mass is 9.74. The van der Waals surface area contributed by atoms with Crippen LogP contribution < -0.4 is 5.73 Å². The Kier molecular flexibility index (Phi) is 3.88. The van der Waals surface area contributed by atoms with Gasteiger partial charge in [-0.15, -0.1) is 0 Å². The lowest BCUT2D eigenvalue weighted by Gasteiger charge is -2.39. The molecule has 3 nitrogen and oxygen atoms in total. The summed E-state index contributed by atoms with van der Waals surface area (Å²) < 4.78 is 11.4. The summed E-state index contributed by atoms with van der Waals surface area (Å²) in [5, 5.41) is 0. The molecule has 0 aromatic heterocycles. The Hall–Kier alpha value is -0.120. The van der Waals surface area contributed by atoms with Crippen LogP contribution in [0.3, 0.4) is 0 Å². The Balaban J connectivity index is 1.78. The second-order valence-electron chi connectivity index (χ2n) is 6.17. The molecule has 0 aromatic carbocycles. The quantitative estimate of drug-likeness (QED) is 0.801. The highest BCUT2D eigenvalue weighted by Crippen LogP contribution is 2.36. The van der Waals surface area contributed by atoms with Crippen molar-refractivity contribution < 1.29 is 9.47 Å². The standard InChI is InChI=1S/C13H25NO2/c1-13(2)5-3-11(14)12(7-13)16-9-10-4-6-15-8-10/h10-12H,3-9,14H2,1-2H3. The molecule has 3 unspecified atom stereocenters. The number of hydrogen-bond acceptors (Lipinski definition) is 3. The second-order valence-corrected chi connectivity index (χ2v) is 6.17. The van der Waals surface area contributed by atoms with E-state index >= 15 is 0 Å². The van der Waals surface area contributed by atoms with Crippen molar-refractivity contribution >= 4 is 0 Å². The first-order chi connectivity index (χ1) is 7.57. The lowest BCUT2D eigenvalue weighted by molar-refractivity contribution is -0.0338. The second kappa shape index (κ2) is 5.03. The smallest absolute Gasteiger partial charge is 0.0731 e. The minimum Gasteiger partial charge on any atom is -0.381 e. The molecule has 1 aliphatic carbocycles.